The van der Waals surface area contributed by atoms with Gasteiger partial charge in [-0.25, -0.2) is 4.98 Å². The molecule has 0 aromatic carbocycles. The molecule has 1 atom stereocenters. The zero-order chi connectivity index (χ0) is 15.4. The van der Waals surface area contributed by atoms with Crippen molar-refractivity contribution in [1.29, 1.82) is 0 Å². The van der Waals surface area contributed by atoms with Crippen molar-refractivity contribution >= 4 is 17.5 Å². The van der Waals surface area contributed by atoms with Crippen molar-refractivity contribution in [3.8, 4) is 0 Å². The average Bonchev–Trinajstić information content (AvgIpc) is 3.03. The van der Waals surface area contributed by atoms with Crippen molar-refractivity contribution in [1.82, 2.24) is 29.9 Å². The number of halogens is 1. The molecule has 0 amide bonds. The second kappa shape index (κ2) is 7.02. The predicted octanol–water partition coefficient (Wildman–Crippen LogP) is 1.61. The minimum Gasteiger partial charge on any atom is -0.349 e. The highest BCUT2D eigenvalue weighted by molar-refractivity contribution is 6.29. The van der Waals surface area contributed by atoms with Gasteiger partial charge in [0, 0.05) is 31.5 Å². The number of aryl methyl sites for hydroxylation is 1. The Kier molecular flexibility index (Phi) is 4.84. The molecular formula is C14H20ClN7. The molecule has 0 saturated carbocycles. The smallest absolute Gasteiger partial charge is 0.243 e. The Morgan fingerprint density at radius 1 is 1.36 bits per heavy atom. The lowest BCUT2D eigenvalue weighted by atomic mass is 10.1. The summed E-state index contributed by atoms with van der Waals surface area (Å²) in [5, 5.41) is 15.9. The third-order valence-corrected chi connectivity index (χ3v) is 4.20. The van der Waals surface area contributed by atoms with Crippen LogP contribution in [-0.2, 0) is 6.54 Å². The van der Waals surface area contributed by atoms with E-state index >= 15 is 0 Å². The number of piperidine rings is 1. The largest absolute Gasteiger partial charge is 0.349 e. The number of aromatic nitrogens is 5. The van der Waals surface area contributed by atoms with E-state index in [4.69, 9.17) is 11.6 Å². The lowest BCUT2D eigenvalue weighted by Crippen LogP contribution is -2.43. The van der Waals surface area contributed by atoms with Gasteiger partial charge in [-0.1, -0.05) is 11.6 Å². The van der Waals surface area contributed by atoms with Crippen LogP contribution in [0.2, 0.25) is 5.15 Å². The topological polar surface area (TPSA) is 71.8 Å². The fourth-order valence-electron chi connectivity index (χ4n) is 2.69. The van der Waals surface area contributed by atoms with Crippen LogP contribution in [0.3, 0.4) is 0 Å². The van der Waals surface area contributed by atoms with Crippen molar-refractivity contribution in [2.24, 2.45) is 0 Å². The number of nitrogens with zero attached hydrogens (tertiary/aromatic N) is 6. The normalized spacial score (nSPS) is 19.3. The van der Waals surface area contributed by atoms with Gasteiger partial charge >= 0.3 is 0 Å². The van der Waals surface area contributed by atoms with Crippen LogP contribution < -0.4 is 5.32 Å². The van der Waals surface area contributed by atoms with E-state index in [1.807, 2.05) is 30.1 Å². The lowest BCUT2D eigenvalue weighted by molar-refractivity contribution is 0.206. The summed E-state index contributed by atoms with van der Waals surface area (Å²) in [6.07, 6.45) is 6.09. The molecule has 3 rings (SSSR count). The summed E-state index contributed by atoms with van der Waals surface area (Å²) >= 11 is 5.86. The first kappa shape index (κ1) is 15.2. The number of nitrogens with one attached hydrogen (secondary N) is 1. The van der Waals surface area contributed by atoms with Gasteiger partial charge in [-0.2, -0.15) is 5.10 Å². The van der Waals surface area contributed by atoms with Gasteiger partial charge < -0.3 is 5.32 Å². The second-order valence-corrected chi connectivity index (χ2v) is 5.92. The van der Waals surface area contributed by atoms with Gasteiger partial charge in [0.25, 0.3) is 0 Å². The molecule has 118 valence electrons. The molecule has 1 N–H and O–H groups in total. The molecule has 1 aliphatic rings. The van der Waals surface area contributed by atoms with Crippen LogP contribution in [0.25, 0.3) is 0 Å². The van der Waals surface area contributed by atoms with Gasteiger partial charge in [-0.15, -0.1) is 10.2 Å². The van der Waals surface area contributed by atoms with Crippen LogP contribution in [0.1, 0.15) is 18.5 Å². The Bertz CT molecular complexity index is 601. The van der Waals surface area contributed by atoms with Crippen LogP contribution >= 0.6 is 11.6 Å². The molecule has 2 aromatic heterocycles. The molecule has 1 fully saturated rings. The van der Waals surface area contributed by atoms with Crippen LogP contribution in [-0.4, -0.2) is 55.5 Å². The summed E-state index contributed by atoms with van der Waals surface area (Å²) in [7, 11) is 0. The molecule has 0 unspecified atom stereocenters. The molecule has 0 bridgehead atoms. The molecule has 0 aliphatic carbocycles. The van der Waals surface area contributed by atoms with Crippen molar-refractivity contribution in [2.75, 3.05) is 25.0 Å². The van der Waals surface area contributed by atoms with Gasteiger partial charge in [0.05, 0.1) is 12.2 Å². The molecule has 2 aromatic rings. The van der Waals surface area contributed by atoms with Crippen molar-refractivity contribution in [3.05, 3.63) is 29.3 Å². The predicted molar refractivity (Wildman–Crippen MR) is 84.9 cm³/mol. The first-order valence-corrected chi connectivity index (χ1v) is 7.91. The quantitative estimate of drug-likeness (QED) is 0.902. The van der Waals surface area contributed by atoms with Crippen molar-refractivity contribution in [3.63, 3.8) is 0 Å². The molecular weight excluding hydrogens is 302 g/mol. The SMILES string of the molecule is Cc1nc(N[C@@H]2CCCN(CCn3cccn3)C2)nnc1Cl. The van der Waals surface area contributed by atoms with Gasteiger partial charge in [-0.3, -0.25) is 9.58 Å². The number of anilines is 1. The zero-order valence-corrected chi connectivity index (χ0v) is 13.4. The highest BCUT2D eigenvalue weighted by atomic mass is 35.5. The van der Waals surface area contributed by atoms with Gasteiger partial charge in [0.15, 0.2) is 5.15 Å². The maximum Gasteiger partial charge on any atom is 0.243 e. The maximum absolute atomic E-state index is 5.86. The lowest BCUT2D eigenvalue weighted by Gasteiger charge is -2.33. The molecule has 3 heterocycles. The Labute approximate surface area is 134 Å². The summed E-state index contributed by atoms with van der Waals surface area (Å²) in [5.41, 5.74) is 0.700. The molecule has 1 saturated heterocycles. The molecule has 0 radical (unpaired) electrons. The third-order valence-electron chi connectivity index (χ3n) is 3.85. The standard InChI is InChI=1S/C14H20ClN7/c1-11-13(15)19-20-14(17-11)18-12-4-2-6-21(10-12)8-9-22-7-3-5-16-22/h3,5,7,12H,2,4,6,8-10H2,1H3,(H,17,18,20)/t12-/m1/s1. The number of hydrogen-bond acceptors (Lipinski definition) is 6. The highest BCUT2D eigenvalue weighted by Gasteiger charge is 2.20. The monoisotopic (exact) mass is 321 g/mol. The van der Waals surface area contributed by atoms with Gasteiger partial charge in [0.1, 0.15) is 0 Å². The summed E-state index contributed by atoms with van der Waals surface area (Å²) in [6, 6.07) is 2.29. The van der Waals surface area contributed by atoms with Crippen LogP contribution in [0.5, 0.6) is 0 Å². The molecule has 8 heteroatoms. The minimum absolute atomic E-state index is 0.341. The number of hydrogen-bond donors (Lipinski definition) is 1. The fourth-order valence-corrected chi connectivity index (χ4v) is 2.77. The third kappa shape index (κ3) is 3.92. The molecule has 22 heavy (non-hydrogen) atoms. The Balaban J connectivity index is 1.52. The Morgan fingerprint density at radius 2 is 2.27 bits per heavy atom. The van der Waals surface area contributed by atoms with Gasteiger partial charge in [-0.05, 0) is 32.4 Å². The van der Waals surface area contributed by atoms with E-state index in [9.17, 15) is 0 Å². The highest BCUT2D eigenvalue weighted by Crippen LogP contribution is 2.15. The summed E-state index contributed by atoms with van der Waals surface area (Å²) < 4.78 is 1.96. The molecule has 1 aliphatic heterocycles. The molecule has 0 spiro atoms. The van der Waals surface area contributed by atoms with E-state index in [1.54, 1.807) is 0 Å². The van der Waals surface area contributed by atoms with Crippen LogP contribution in [0, 0.1) is 6.92 Å². The van der Waals surface area contributed by atoms with E-state index in [1.165, 1.54) is 0 Å². The van der Waals surface area contributed by atoms with E-state index in [0.717, 1.165) is 39.0 Å². The summed E-state index contributed by atoms with van der Waals surface area (Å²) in [4.78, 5) is 6.77. The first-order valence-electron chi connectivity index (χ1n) is 7.54. The fraction of sp³-hybridized carbons (Fsp3) is 0.571. The zero-order valence-electron chi connectivity index (χ0n) is 12.6. The average molecular weight is 322 g/mol. The van der Waals surface area contributed by atoms with Crippen molar-refractivity contribution in [2.45, 2.75) is 32.4 Å². The molecule has 7 nitrogen and oxygen atoms in total. The van der Waals surface area contributed by atoms with E-state index in [0.29, 0.717) is 22.8 Å². The van der Waals surface area contributed by atoms with E-state index < -0.39 is 0 Å². The van der Waals surface area contributed by atoms with E-state index in [-0.39, 0.29) is 0 Å². The van der Waals surface area contributed by atoms with Crippen LogP contribution in [0.15, 0.2) is 18.5 Å². The Morgan fingerprint density at radius 3 is 3.05 bits per heavy atom. The maximum atomic E-state index is 5.86. The van der Waals surface area contributed by atoms with Crippen LogP contribution in [0.4, 0.5) is 5.95 Å². The Hall–Kier alpha value is -1.73. The van der Waals surface area contributed by atoms with Gasteiger partial charge in [0.2, 0.25) is 5.95 Å². The number of rotatable bonds is 5. The first-order chi connectivity index (χ1) is 10.7. The van der Waals surface area contributed by atoms with E-state index in [2.05, 4.69) is 30.5 Å². The van der Waals surface area contributed by atoms with Crippen molar-refractivity contribution < 1.29 is 0 Å². The summed E-state index contributed by atoms with van der Waals surface area (Å²) in [6.45, 7) is 5.85. The summed E-state index contributed by atoms with van der Waals surface area (Å²) in [5.74, 6) is 0.556. The second-order valence-electron chi connectivity index (χ2n) is 5.56. The minimum atomic E-state index is 0.341. The number of likely N-dealkylation sites (tertiary alicyclic amines) is 1.